The van der Waals surface area contributed by atoms with E-state index in [2.05, 4.69) is 5.32 Å². The smallest absolute Gasteiger partial charge is 0.375 e. The van der Waals surface area contributed by atoms with Crippen LogP contribution in [0.3, 0.4) is 0 Å². The minimum atomic E-state index is -4.80. The molecule has 0 aliphatic carbocycles. The van der Waals surface area contributed by atoms with Gasteiger partial charge in [-0.1, -0.05) is 35.9 Å². The summed E-state index contributed by atoms with van der Waals surface area (Å²) in [4.78, 5) is 24.0. The van der Waals surface area contributed by atoms with Gasteiger partial charge in [0.05, 0.1) is 15.5 Å². The molecule has 1 heterocycles. The van der Waals surface area contributed by atoms with E-state index < -0.39 is 27.4 Å². The van der Waals surface area contributed by atoms with Gasteiger partial charge in [-0.05, 0) is 23.6 Å². The summed E-state index contributed by atoms with van der Waals surface area (Å²) in [5.74, 6) is 0.0675. The number of alkyl halides is 3. The number of anilines is 1. The van der Waals surface area contributed by atoms with E-state index in [1.165, 1.54) is 0 Å². The van der Waals surface area contributed by atoms with Crippen molar-refractivity contribution >= 4 is 28.9 Å². The Morgan fingerprint density at radius 3 is 2.48 bits per heavy atom. The molecule has 154 valence electrons. The first-order valence-corrected chi connectivity index (χ1v) is 9.18. The van der Waals surface area contributed by atoms with Crippen LogP contribution >= 0.6 is 11.6 Å². The molecular formula is C19H17ClF3N3O3. The maximum Gasteiger partial charge on any atom is 0.418 e. The lowest BCUT2D eigenvalue weighted by Crippen LogP contribution is -2.24. The molecular weight excluding hydrogens is 411 g/mol. The third-order valence-corrected chi connectivity index (χ3v) is 5.02. The van der Waals surface area contributed by atoms with Crippen LogP contribution < -0.4 is 5.32 Å². The Kier molecular flexibility index (Phi) is 5.97. The van der Waals surface area contributed by atoms with Gasteiger partial charge in [-0.25, -0.2) is 0 Å². The maximum atomic E-state index is 13.0. The van der Waals surface area contributed by atoms with Gasteiger partial charge in [0, 0.05) is 32.1 Å². The lowest BCUT2D eigenvalue weighted by atomic mass is 10.1. The first kappa shape index (κ1) is 20.9. The van der Waals surface area contributed by atoms with Crippen molar-refractivity contribution in [3.8, 4) is 0 Å². The Hall–Kier alpha value is -2.81. The zero-order valence-corrected chi connectivity index (χ0v) is 15.9. The number of nitrogens with one attached hydrogen (secondary N) is 1. The largest absolute Gasteiger partial charge is 0.418 e. The highest BCUT2D eigenvalue weighted by atomic mass is 35.5. The number of nitro groups is 1. The van der Waals surface area contributed by atoms with Gasteiger partial charge in [0.2, 0.25) is 5.91 Å². The summed E-state index contributed by atoms with van der Waals surface area (Å²) in [6.07, 6.45) is -3.48. The number of likely N-dealkylation sites (tertiary alicyclic amines) is 1. The number of hydrogen-bond donors (Lipinski definition) is 1. The molecule has 6 nitrogen and oxygen atoms in total. The molecule has 1 saturated heterocycles. The number of carbonyl (C=O) groups excluding carboxylic acids is 1. The molecule has 10 heteroatoms. The van der Waals surface area contributed by atoms with Crippen LogP contribution in [0.5, 0.6) is 0 Å². The van der Waals surface area contributed by atoms with Gasteiger partial charge in [0.15, 0.2) is 0 Å². The number of nitro benzene ring substituents is 1. The van der Waals surface area contributed by atoms with Crippen LogP contribution in [0, 0.1) is 10.1 Å². The Morgan fingerprint density at radius 1 is 1.21 bits per heavy atom. The SMILES string of the molecule is O=C1CCCN1Cc1ccccc1CNc1cc(Cl)c(C(F)(F)F)cc1[N+](=O)[O-]. The third kappa shape index (κ3) is 4.79. The van der Waals surface area contributed by atoms with Crippen molar-refractivity contribution in [2.24, 2.45) is 0 Å². The molecule has 0 aromatic heterocycles. The molecule has 2 aromatic rings. The highest BCUT2D eigenvalue weighted by Gasteiger charge is 2.36. The van der Waals surface area contributed by atoms with E-state index in [1.807, 2.05) is 12.1 Å². The molecule has 1 aliphatic heterocycles. The molecule has 0 atom stereocenters. The van der Waals surface area contributed by atoms with Gasteiger partial charge in [-0.2, -0.15) is 13.2 Å². The molecule has 1 amide bonds. The second-order valence-electron chi connectivity index (χ2n) is 6.65. The quantitative estimate of drug-likeness (QED) is 0.520. The maximum absolute atomic E-state index is 13.0. The number of amides is 1. The van der Waals surface area contributed by atoms with Gasteiger partial charge in [0.1, 0.15) is 5.69 Å². The number of hydrogen-bond acceptors (Lipinski definition) is 4. The molecule has 1 N–H and O–H groups in total. The van der Waals surface area contributed by atoms with Crippen LogP contribution in [-0.4, -0.2) is 22.3 Å². The van der Waals surface area contributed by atoms with Crippen LogP contribution in [0.25, 0.3) is 0 Å². The fraction of sp³-hybridized carbons (Fsp3) is 0.316. The standard InChI is InChI=1S/C19H17ClF3N3O3/c20-15-9-16(17(26(28)29)8-14(15)19(21,22)23)24-10-12-4-1-2-5-13(12)11-25-7-3-6-18(25)27/h1-2,4-5,8-9,24H,3,6-7,10-11H2. The first-order chi connectivity index (χ1) is 13.7. The van der Waals surface area contributed by atoms with Crippen molar-refractivity contribution in [2.45, 2.75) is 32.1 Å². The Labute approximate surface area is 169 Å². The van der Waals surface area contributed by atoms with Crippen LogP contribution in [0.2, 0.25) is 5.02 Å². The molecule has 3 rings (SSSR count). The van der Waals surface area contributed by atoms with Crippen LogP contribution in [0.4, 0.5) is 24.5 Å². The van der Waals surface area contributed by atoms with Gasteiger partial charge >= 0.3 is 6.18 Å². The van der Waals surface area contributed by atoms with Crippen LogP contribution in [-0.2, 0) is 24.1 Å². The second-order valence-corrected chi connectivity index (χ2v) is 7.05. The summed E-state index contributed by atoms with van der Waals surface area (Å²) in [6, 6.07) is 8.57. The lowest BCUT2D eigenvalue weighted by molar-refractivity contribution is -0.384. The van der Waals surface area contributed by atoms with Crippen molar-refractivity contribution < 1.29 is 22.9 Å². The highest BCUT2D eigenvalue weighted by Crippen LogP contribution is 2.40. The van der Waals surface area contributed by atoms with E-state index in [0.29, 0.717) is 25.6 Å². The average Bonchev–Trinajstić information content (AvgIpc) is 3.04. The minimum Gasteiger partial charge on any atom is -0.375 e. The number of benzene rings is 2. The van der Waals surface area contributed by atoms with Crippen LogP contribution in [0.15, 0.2) is 36.4 Å². The summed E-state index contributed by atoms with van der Waals surface area (Å²) >= 11 is 5.71. The Balaban J connectivity index is 1.84. The molecule has 2 aromatic carbocycles. The third-order valence-electron chi connectivity index (χ3n) is 4.71. The topological polar surface area (TPSA) is 75.5 Å². The van der Waals surface area contributed by atoms with Gasteiger partial charge in [-0.15, -0.1) is 0 Å². The van der Waals surface area contributed by atoms with Gasteiger partial charge < -0.3 is 10.2 Å². The molecule has 1 aliphatic rings. The summed E-state index contributed by atoms with van der Waals surface area (Å²) in [5.41, 5.74) is -0.452. The second kappa shape index (κ2) is 8.28. The molecule has 0 unspecified atom stereocenters. The van der Waals surface area contributed by atoms with Crippen molar-refractivity contribution in [2.75, 3.05) is 11.9 Å². The number of rotatable bonds is 6. The molecule has 29 heavy (non-hydrogen) atoms. The Bertz CT molecular complexity index is 950. The number of halogens is 4. The fourth-order valence-electron chi connectivity index (χ4n) is 3.22. The van der Waals surface area contributed by atoms with E-state index in [0.717, 1.165) is 23.6 Å². The van der Waals surface area contributed by atoms with E-state index >= 15 is 0 Å². The highest BCUT2D eigenvalue weighted by molar-refractivity contribution is 6.31. The Morgan fingerprint density at radius 2 is 1.90 bits per heavy atom. The number of nitrogens with zero attached hydrogens (tertiary/aromatic N) is 2. The summed E-state index contributed by atoms with van der Waals surface area (Å²) < 4.78 is 39.0. The predicted molar refractivity (Wildman–Crippen MR) is 102 cm³/mol. The van der Waals surface area contributed by atoms with Crippen molar-refractivity contribution in [3.05, 3.63) is 68.2 Å². The van der Waals surface area contributed by atoms with E-state index in [-0.39, 0.29) is 18.1 Å². The molecule has 0 radical (unpaired) electrons. The number of carbonyl (C=O) groups is 1. The first-order valence-electron chi connectivity index (χ1n) is 8.80. The summed E-state index contributed by atoms with van der Waals surface area (Å²) in [5, 5.41) is 13.5. The van der Waals surface area contributed by atoms with Gasteiger partial charge in [0.25, 0.3) is 5.69 Å². The summed E-state index contributed by atoms with van der Waals surface area (Å²) in [7, 11) is 0. The normalized spacial score (nSPS) is 14.3. The van der Waals surface area contributed by atoms with E-state index in [9.17, 15) is 28.1 Å². The van der Waals surface area contributed by atoms with Crippen molar-refractivity contribution in [1.29, 1.82) is 0 Å². The monoisotopic (exact) mass is 427 g/mol. The zero-order valence-electron chi connectivity index (χ0n) is 15.1. The molecule has 0 spiro atoms. The van der Waals surface area contributed by atoms with Crippen molar-refractivity contribution in [1.82, 2.24) is 4.90 Å². The van der Waals surface area contributed by atoms with Crippen molar-refractivity contribution in [3.63, 3.8) is 0 Å². The predicted octanol–water partition coefficient (Wildman–Crippen LogP) is 5.00. The fourth-order valence-corrected chi connectivity index (χ4v) is 3.49. The van der Waals surface area contributed by atoms with Gasteiger partial charge in [-0.3, -0.25) is 14.9 Å². The molecule has 0 saturated carbocycles. The van der Waals surface area contributed by atoms with E-state index in [4.69, 9.17) is 11.6 Å². The zero-order chi connectivity index (χ0) is 21.2. The average molecular weight is 428 g/mol. The van der Waals surface area contributed by atoms with Crippen LogP contribution in [0.1, 0.15) is 29.5 Å². The summed E-state index contributed by atoms with van der Waals surface area (Å²) in [6.45, 7) is 1.20. The molecule has 0 bridgehead atoms. The molecule has 1 fully saturated rings. The lowest BCUT2D eigenvalue weighted by Gasteiger charge is -2.19. The van der Waals surface area contributed by atoms with E-state index in [1.54, 1.807) is 17.0 Å². The minimum absolute atomic E-state index is 0.0675.